The van der Waals surface area contributed by atoms with Crippen molar-refractivity contribution in [2.24, 2.45) is 5.90 Å². The van der Waals surface area contributed by atoms with Crippen molar-refractivity contribution in [2.45, 2.75) is 32.4 Å². The van der Waals surface area contributed by atoms with Gasteiger partial charge in [-0.2, -0.15) is 0 Å². The van der Waals surface area contributed by atoms with Gasteiger partial charge >= 0.3 is 0 Å². The van der Waals surface area contributed by atoms with E-state index in [9.17, 15) is 4.39 Å². The van der Waals surface area contributed by atoms with E-state index >= 15 is 0 Å². The molecular formula is C14H20FNO3. The number of alkyl halides is 1. The van der Waals surface area contributed by atoms with Gasteiger partial charge in [-0.1, -0.05) is 0 Å². The van der Waals surface area contributed by atoms with Crippen LogP contribution < -0.4 is 15.4 Å². The van der Waals surface area contributed by atoms with Gasteiger partial charge in [0.15, 0.2) is 11.5 Å². The van der Waals surface area contributed by atoms with Crippen LogP contribution in [0.1, 0.15) is 31.4 Å². The van der Waals surface area contributed by atoms with Crippen LogP contribution in [0.5, 0.6) is 11.5 Å². The van der Waals surface area contributed by atoms with E-state index in [1.54, 1.807) is 6.07 Å². The van der Waals surface area contributed by atoms with Crippen molar-refractivity contribution in [2.75, 3.05) is 19.8 Å². The molecule has 1 aliphatic rings. The molecule has 5 heteroatoms. The van der Waals surface area contributed by atoms with Crippen molar-refractivity contribution in [1.29, 1.82) is 0 Å². The number of nitrogens with two attached hydrogens (primary N) is 1. The fourth-order valence-corrected chi connectivity index (χ4v) is 2.18. The number of hydrogen-bond donors (Lipinski definition) is 1. The normalized spacial score (nSPS) is 15.2. The first-order valence-electron chi connectivity index (χ1n) is 6.46. The smallest absolute Gasteiger partial charge is 0.161 e. The summed E-state index contributed by atoms with van der Waals surface area (Å²) in [6, 6.07) is 3.56. The Morgan fingerprint density at radius 3 is 2.47 bits per heavy atom. The van der Waals surface area contributed by atoms with Crippen LogP contribution in [0.25, 0.3) is 0 Å². The Hall–Kier alpha value is -1.33. The van der Waals surface area contributed by atoms with Gasteiger partial charge in [-0.15, -0.1) is 0 Å². The van der Waals surface area contributed by atoms with Crippen LogP contribution in [0.2, 0.25) is 0 Å². The number of fused-ring (bicyclic) bond motifs is 1. The van der Waals surface area contributed by atoms with Gasteiger partial charge in [0.05, 0.1) is 19.8 Å². The van der Waals surface area contributed by atoms with Crippen molar-refractivity contribution in [3.8, 4) is 11.5 Å². The van der Waals surface area contributed by atoms with Crippen LogP contribution in [0.3, 0.4) is 0 Å². The van der Waals surface area contributed by atoms with Gasteiger partial charge in [0, 0.05) is 6.42 Å². The Balaban J connectivity index is 2.41. The van der Waals surface area contributed by atoms with Crippen LogP contribution in [0.4, 0.5) is 4.39 Å². The van der Waals surface area contributed by atoms with E-state index in [0.29, 0.717) is 43.3 Å². The fraction of sp³-hybridized carbons (Fsp3) is 0.571. The third-order valence-corrected chi connectivity index (χ3v) is 3.10. The molecule has 0 radical (unpaired) electrons. The van der Waals surface area contributed by atoms with Crippen LogP contribution >= 0.6 is 0 Å². The molecule has 19 heavy (non-hydrogen) atoms. The van der Waals surface area contributed by atoms with Gasteiger partial charge in [-0.25, -0.2) is 10.3 Å². The molecule has 0 saturated heterocycles. The van der Waals surface area contributed by atoms with E-state index in [1.807, 2.05) is 6.07 Å². The molecule has 1 heterocycles. The zero-order chi connectivity index (χ0) is 13.9. The highest BCUT2D eigenvalue weighted by Crippen LogP contribution is 2.38. The standard InChI is InChI=1S/C14H20FNO3/c1-14(2,15)11-9-13-12(17-5-3-6-18-13)8-10(11)4-7-19-16/h8-9H,3-7,16H2,1-2H3. The van der Waals surface area contributed by atoms with E-state index < -0.39 is 5.67 Å². The second-order valence-corrected chi connectivity index (χ2v) is 5.10. The lowest BCUT2D eigenvalue weighted by molar-refractivity contribution is 0.140. The highest BCUT2D eigenvalue weighted by atomic mass is 19.1. The first kappa shape index (κ1) is 14.1. The first-order chi connectivity index (χ1) is 9.02. The summed E-state index contributed by atoms with van der Waals surface area (Å²) in [7, 11) is 0. The SMILES string of the molecule is CC(C)(F)c1cc2c(cc1CCON)OCCCO2. The topological polar surface area (TPSA) is 53.7 Å². The zero-order valence-electron chi connectivity index (χ0n) is 11.4. The fourth-order valence-electron chi connectivity index (χ4n) is 2.18. The average molecular weight is 269 g/mol. The first-order valence-corrected chi connectivity index (χ1v) is 6.46. The zero-order valence-corrected chi connectivity index (χ0v) is 11.4. The summed E-state index contributed by atoms with van der Waals surface area (Å²) >= 11 is 0. The molecule has 0 unspecified atom stereocenters. The summed E-state index contributed by atoms with van der Waals surface area (Å²) < 4.78 is 25.5. The minimum Gasteiger partial charge on any atom is -0.490 e. The van der Waals surface area contributed by atoms with E-state index in [2.05, 4.69) is 4.84 Å². The molecule has 0 saturated carbocycles. The van der Waals surface area contributed by atoms with Crippen LogP contribution in [0, 0.1) is 0 Å². The van der Waals surface area contributed by atoms with Crippen molar-refractivity contribution >= 4 is 0 Å². The average Bonchev–Trinajstić information content (AvgIpc) is 2.58. The van der Waals surface area contributed by atoms with Crippen LogP contribution in [-0.4, -0.2) is 19.8 Å². The molecular weight excluding hydrogens is 249 g/mol. The Bertz CT molecular complexity index is 443. The summed E-state index contributed by atoms with van der Waals surface area (Å²) in [5.74, 6) is 6.32. The second kappa shape index (κ2) is 5.75. The molecule has 0 aromatic heterocycles. The maximum absolute atomic E-state index is 14.3. The van der Waals surface area contributed by atoms with E-state index in [4.69, 9.17) is 15.4 Å². The monoisotopic (exact) mass is 269 g/mol. The molecule has 2 rings (SSSR count). The predicted molar refractivity (Wildman–Crippen MR) is 70.0 cm³/mol. The maximum atomic E-state index is 14.3. The van der Waals surface area contributed by atoms with E-state index in [-0.39, 0.29) is 0 Å². The largest absolute Gasteiger partial charge is 0.490 e. The molecule has 0 aliphatic carbocycles. The number of benzene rings is 1. The molecule has 0 amide bonds. The Labute approximate surface area is 112 Å². The van der Waals surface area contributed by atoms with Gasteiger partial charge < -0.3 is 14.3 Å². The lowest BCUT2D eigenvalue weighted by atomic mass is 9.92. The third kappa shape index (κ3) is 3.36. The third-order valence-electron chi connectivity index (χ3n) is 3.10. The molecule has 4 nitrogen and oxygen atoms in total. The molecule has 1 aromatic rings. The Kier molecular flexibility index (Phi) is 4.27. The van der Waals surface area contributed by atoms with E-state index in [0.717, 1.165) is 12.0 Å². The summed E-state index contributed by atoms with van der Waals surface area (Å²) in [6.07, 6.45) is 1.36. The highest BCUT2D eigenvalue weighted by molar-refractivity contribution is 5.49. The molecule has 1 aliphatic heterocycles. The lowest BCUT2D eigenvalue weighted by Gasteiger charge is -2.21. The molecule has 0 spiro atoms. The summed E-state index contributed by atoms with van der Waals surface area (Å²) in [4.78, 5) is 4.59. The number of hydrogen-bond acceptors (Lipinski definition) is 4. The van der Waals surface area contributed by atoms with Crippen LogP contribution in [-0.2, 0) is 16.9 Å². The molecule has 106 valence electrons. The maximum Gasteiger partial charge on any atom is 0.161 e. The predicted octanol–water partition coefficient (Wildman–Crippen LogP) is 2.49. The molecule has 0 atom stereocenters. The van der Waals surface area contributed by atoms with Crippen molar-refractivity contribution in [3.63, 3.8) is 0 Å². The molecule has 0 fully saturated rings. The summed E-state index contributed by atoms with van der Waals surface area (Å²) in [6.45, 7) is 4.59. The molecule has 2 N–H and O–H groups in total. The Morgan fingerprint density at radius 2 is 1.89 bits per heavy atom. The number of halogens is 1. The van der Waals surface area contributed by atoms with Gasteiger partial charge in [0.1, 0.15) is 5.67 Å². The lowest BCUT2D eigenvalue weighted by Crippen LogP contribution is -2.15. The van der Waals surface area contributed by atoms with E-state index in [1.165, 1.54) is 13.8 Å². The summed E-state index contributed by atoms with van der Waals surface area (Å²) in [5.41, 5.74) is -0.0229. The minimum atomic E-state index is -1.45. The number of ether oxygens (including phenoxy) is 2. The highest BCUT2D eigenvalue weighted by Gasteiger charge is 2.25. The van der Waals surface area contributed by atoms with Crippen LogP contribution in [0.15, 0.2) is 12.1 Å². The second-order valence-electron chi connectivity index (χ2n) is 5.10. The summed E-state index contributed by atoms with van der Waals surface area (Å²) in [5, 5.41) is 0. The van der Waals surface area contributed by atoms with Gasteiger partial charge in [0.2, 0.25) is 0 Å². The van der Waals surface area contributed by atoms with Crippen molar-refractivity contribution in [3.05, 3.63) is 23.3 Å². The van der Waals surface area contributed by atoms with Crippen molar-refractivity contribution in [1.82, 2.24) is 0 Å². The quantitative estimate of drug-likeness (QED) is 0.853. The van der Waals surface area contributed by atoms with Gasteiger partial charge in [0.25, 0.3) is 0 Å². The number of rotatable bonds is 4. The molecule has 1 aromatic carbocycles. The minimum absolute atomic E-state index is 0.336. The van der Waals surface area contributed by atoms with Gasteiger partial charge in [-0.05, 0) is 43.5 Å². The van der Waals surface area contributed by atoms with Gasteiger partial charge in [-0.3, -0.25) is 0 Å². The Morgan fingerprint density at radius 1 is 1.26 bits per heavy atom. The molecule has 0 bridgehead atoms. The van der Waals surface area contributed by atoms with Crippen molar-refractivity contribution < 1.29 is 18.7 Å².